The van der Waals surface area contributed by atoms with Crippen molar-refractivity contribution in [2.75, 3.05) is 14.1 Å². The molecule has 0 radical (unpaired) electrons. The van der Waals surface area contributed by atoms with Crippen LogP contribution in [0, 0.1) is 10.8 Å². The molecule has 0 aromatic carbocycles. The highest BCUT2D eigenvalue weighted by atomic mass is 16.1. The Morgan fingerprint density at radius 1 is 1.21 bits per heavy atom. The molecular formula is C12H23NO. The van der Waals surface area contributed by atoms with Gasteiger partial charge in [0.2, 0.25) is 0 Å². The lowest BCUT2D eigenvalue weighted by Crippen LogP contribution is -2.71. The summed E-state index contributed by atoms with van der Waals surface area (Å²) in [6.07, 6.45) is 1.93. The average Bonchev–Trinajstić information content (AvgIpc) is 2.11. The number of Topliss-reactive ketones (excluding diaryl/α,β-unsaturated/α-hetero) is 1. The van der Waals surface area contributed by atoms with E-state index in [4.69, 9.17) is 0 Å². The summed E-state index contributed by atoms with van der Waals surface area (Å²) in [5.74, 6) is 0.453. The van der Waals surface area contributed by atoms with Crippen molar-refractivity contribution in [2.24, 2.45) is 10.8 Å². The number of rotatable bonds is 3. The normalized spacial score (nSPS) is 29.1. The molecule has 0 bridgehead atoms. The Hall–Kier alpha value is -0.370. The van der Waals surface area contributed by atoms with Gasteiger partial charge >= 0.3 is 0 Å². The van der Waals surface area contributed by atoms with E-state index in [1.165, 1.54) is 0 Å². The number of nitrogens with zero attached hydrogens (tertiary/aromatic N) is 1. The Labute approximate surface area is 87.7 Å². The molecule has 1 rings (SSSR count). The number of hydrogen-bond acceptors (Lipinski definition) is 2. The van der Waals surface area contributed by atoms with Gasteiger partial charge in [0.1, 0.15) is 5.78 Å². The van der Waals surface area contributed by atoms with E-state index in [1.807, 2.05) is 0 Å². The molecule has 0 aliphatic heterocycles. The van der Waals surface area contributed by atoms with Crippen LogP contribution in [0.2, 0.25) is 0 Å². The summed E-state index contributed by atoms with van der Waals surface area (Å²) >= 11 is 0. The molecule has 1 aliphatic carbocycles. The van der Waals surface area contributed by atoms with E-state index in [2.05, 4.69) is 46.7 Å². The third-order valence-corrected chi connectivity index (χ3v) is 4.02. The minimum absolute atomic E-state index is 0.0764. The van der Waals surface area contributed by atoms with Gasteiger partial charge in [-0.3, -0.25) is 4.79 Å². The Bertz CT molecular complexity index is 239. The van der Waals surface area contributed by atoms with Crippen LogP contribution in [-0.4, -0.2) is 30.8 Å². The first-order chi connectivity index (χ1) is 6.34. The smallest absolute Gasteiger partial charge is 0.147 e. The molecule has 0 saturated heterocycles. The molecular weight excluding hydrogens is 174 g/mol. The second-order valence-electron chi connectivity index (χ2n) is 5.28. The summed E-state index contributed by atoms with van der Waals surface area (Å²) < 4.78 is 0. The zero-order chi connectivity index (χ0) is 11.1. The van der Waals surface area contributed by atoms with E-state index in [9.17, 15) is 4.79 Å². The van der Waals surface area contributed by atoms with Gasteiger partial charge in [-0.25, -0.2) is 0 Å². The van der Waals surface area contributed by atoms with Crippen LogP contribution in [0.3, 0.4) is 0 Å². The Kier molecular flexibility index (Phi) is 2.79. The van der Waals surface area contributed by atoms with Crippen LogP contribution >= 0.6 is 0 Å². The van der Waals surface area contributed by atoms with Crippen LogP contribution < -0.4 is 0 Å². The van der Waals surface area contributed by atoms with Gasteiger partial charge in [0.05, 0.1) is 0 Å². The SMILES string of the molecule is CCC1(CC)C(=O)C(C)(C)C1N(C)C. The molecule has 1 saturated carbocycles. The summed E-state index contributed by atoms with van der Waals surface area (Å²) in [5, 5.41) is 0. The third-order valence-electron chi connectivity index (χ3n) is 4.02. The summed E-state index contributed by atoms with van der Waals surface area (Å²) in [5.41, 5.74) is -0.234. The van der Waals surface area contributed by atoms with Gasteiger partial charge in [-0.2, -0.15) is 0 Å². The summed E-state index contributed by atoms with van der Waals surface area (Å²) in [4.78, 5) is 14.4. The number of carbonyl (C=O) groups excluding carboxylic acids is 1. The molecule has 0 heterocycles. The van der Waals surface area contributed by atoms with Crippen LogP contribution in [0.4, 0.5) is 0 Å². The van der Waals surface area contributed by atoms with Crippen LogP contribution in [0.25, 0.3) is 0 Å². The lowest BCUT2D eigenvalue weighted by atomic mass is 9.47. The van der Waals surface area contributed by atoms with Crippen molar-refractivity contribution in [3.63, 3.8) is 0 Å². The molecule has 0 spiro atoms. The van der Waals surface area contributed by atoms with E-state index in [-0.39, 0.29) is 10.8 Å². The van der Waals surface area contributed by atoms with Crippen molar-refractivity contribution >= 4 is 5.78 Å². The van der Waals surface area contributed by atoms with Gasteiger partial charge < -0.3 is 4.90 Å². The second kappa shape index (κ2) is 3.34. The molecule has 1 aliphatic rings. The Morgan fingerprint density at radius 3 is 1.86 bits per heavy atom. The van der Waals surface area contributed by atoms with Gasteiger partial charge in [-0.1, -0.05) is 27.7 Å². The number of ketones is 1. The van der Waals surface area contributed by atoms with Gasteiger partial charge in [-0.05, 0) is 26.9 Å². The van der Waals surface area contributed by atoms with E-state index >= 15 is 0 Å². The van der Waals surface area contributed by atoms with Crippen molar-refractivity contribution in [3.8, 4) is 0 Å². The third kappa shape index (κ3) is 1.16. The average molecular weight is 197 g/mol. The summed E-state index contributed by atoms with van der Waals surface area (Å²) in [7, 11) is 4.16. The highest BCUT2D eigenvalue weighted by molar-refractivity contribution is 5.98. The Morgan fingerprint density at radius 2 is 1.64 bits per heavy atom. The molecule has 0 aromatic rings. The first-order valence-corrected chi connectivity index (χ1v) is 5.56. The molecule has 1 atom stereocenters. The highest BCUT2D eigenvalue weighted by Crippen LogP contribution is 2.56. The van der Waals surface area contributed by atoms with Crippen molar-refractivity contribution in [1.82, 2.24) is 4.90 Å². The van der Waals surface area contributed by atoms with Crippen molar-refractivity contribution < 1.29 is 4.79 Å². The van der Waals surface area contributed by atoms with Crippen LogP contribution in [0.15, 0.2) is 0 Å². The lowest BCUT2D eigenvalue weighted by Gasteiger charge is -2.60. The van der Waals surface area contributed by atoms with Crippen LogP contribution in [0.1, 0.15) is 40.5 Å². The van der Waals surface area contributed by atoms with E-state index in [0.717, 1.165) is 12.8 Å². The molecule has 82 valence electrons. The lowest BCUT2D eigenvalue weighted by molar-refractivity contribution is -0.173. The zero-order valence-corrected chi connectivity index (χ0v) is 10.3. The molecule has 2 heteroatoms. The topological polar surface area (TPSA) is 20.3 Å². The molecule has 2 nitrogen and oxygen atoms in total. The first kappa shape index (κ1) is 11.7. The Balaban J connectivity index is 3.04. The summed E-state index contributed by atoms with van der Waals surface area (Å²) in [6, 6.07) is 0.400. The van der Waals surface area contributed by atoms with E-state index in [1.54, 1.807) is 0 Å². The number of hydrogen-bond donors (Lipinski definition) is 0. The van der Waals surface area contributed by atoms with Gasteiger partial charge in [0.25, 0.3) is 0 Å². The van der Waals surface area contributed by atoms with Gasteiger partial charge in [0.15, 0.2) is 0 Å². The van der Waals surface area contributed by atoms with Crippen molar-refractivity contribution in [1.29, 1.82) is 0 Å². The molecule has 0 amide bonds. The van der Waals surface area contributed by atoms with Crippen molar-refractivity contribution in [2.45, 2.75) is 46.6 Å². The monoisotopic (exact) mass is 197 g/mol. The largest absolute Gasteiger partial charge is 0.304 e. The summed E-state index contributed by atoms with van der Waals surface area (Å²) in [6.45, 7) is 8.41. The second-order valence-corrected chi connectivity index (χ2v) is 5.28. The predicted octanol–water partition coefficient (Wildman–Crippen LogP) is 2.33. The van der Waals surface area contributed by atoms with Crippen LogP contribution in [0.5, 0.6) is 0 Å². The fourth-order valence-corrected chi connectivity index (χ4v) is 3.60. The predicted molar refractivity (Wildman–Crippen MR) is 59.3 cm³/mol. The minimum Gasteiger partial charge on any atom is -0.304 e. The quantitative estimate of drug-likeness (QED) is 0.692. The maximum Gasteiger partial charge on any atom is 0.147 e. The zero-order valence-electron chi connectivity index (χ0n) is 10.3. The fourth-order valence-electron chi connectivity index (χ4n) is 3.60. The highest BCUT2D eigenvalue weighted by Gasteiger charge is 2.65. The van der Waals surface area contributed by atoms with Crippen LogP contribution in [-0.2, 0) is 4.79 Å². The molecule has 1 fully saturated rings. The standard InChI is InChI=1S/C12H23NO/c1-7-12(8-2)9(13(5)6)11(3,4)10(12)14/h9H,7-8H2,1-6H3. The molecule has 0 N–H and O–H groups in total. The van der Waals surface area contributed by atoms with E-state index < -0.39 is 0 Å². The fraction of sp³-hybridized carbons (Fsp3) is 0.917. The van der Waals surface area contributed by atoms with E-state index in [0.29, 0.717) is 11.8 Å². The molecule has 0 aromatic heterocycles. The maximum atomic E-state index is 12.2. The van der Waals surface area contributed by atoms with Gasteiger partial charge in [-0.15, -0.1) is 0 Å². The first-order valence-electron chi connectivity index (χ1n) is 5.56. The molecule has 1 unspecified atom stereocenters. The maximum absolute atomic E-state index is 12.2. The molecule has 14 heavy (non-hydrogen) atoms. The minimum atomic E-state index is -0.157. The van der Waals surface area contributed by atoms with Gasteiger partial charge in [0, 0.05) is 16.9 Å². The van der Waals surface area contributed by atoms with Crippen molar-refractivity contribution in [3.05, 3.63) is 0 Å². The number of carbonyl (C=O) groups is 1.